The Labute approximate surface area is 106 Å². The van der Waals surface area contributed by atoms with E-state index in [1.165, 1.54) is 0 Å². The van der Waals surface area contributed by atoms with E-state index in [1.54, 1.807) is 18.3 Å². The van der Waals surface area contributed by atoms with Crippen molar-refractivity contribution in [1.29, 1.82) is 0 Å². The van der Waals surface area contributed by atoms with Crippen LogP contribution < -0.4 is 0 Å². The van der Waals surface area contributed by atoms with Gasteiger partial charge in [0, 0.05) is 17.1 Å². The predicted molar refractivity (Wildman–Crippen MR) is 68.9 cm³/mol. The lowest BCUT2D eigenvalue weighted by atomic mass is 10.0. The molecule has 0 bridgehead atoms. The van der Waals surface area contributed by atoms with E-state index in [9.17, 15) is 9.90 Å². The molecule has 4 heteroatoms. The molecule has 0 aliphatic rings. The number of aliphatic hydroxyl groups is 1. The Morgan fingerprint density at radius 2 is 2.35 bits per heavy atom. The van der Waals surface area contributed by atoms with Gasteiger partial charge in [0.05, 0.1) is 0 Å². The number of pyridine rings is 1. The molecule has 0 radical (unpaired) electrons. The molecule has 1 unspecified atom stereocenters. The molecule has 17 heavy (non-hydrogen) atoms. The average Bonchev–Trinajstić information content (AvgIpc) is 2.34. The normalized spacial score (nSPS) is 14.1. The average molecular weight is 254 g/mol. The van der Waals surface area contributed by atoms with Gasteiger partial charge >= 0.3 is 0 Å². The Kier molecular flexibility index (Phi) is 5.16. The first-order valence-corrected chi connectivity index (χ1v) is 5.88. The summed E-state index contributed by atoms with van der Waals surface area (Å²) < 4.78 is 0. The van der Waals surface area contributed by atoms with Gasteiger partial charge in [-0.25, -0.2) is 0 Å². The minimum atomic E-state index is 0.00469. The van der Waals surface area contributed by atoms with Crippen molar-refractivity contribution in [1.82, 2.24) is 4.98 Å². The summed E-state index contributed by atoms with van der Waals surface area (Å²) in [6.07, 6.45) is 3.86. The quantitative estimate of drug-likeness (QED) is 0.644. The van der Waals surface area contributed by atoms with Crippen molar-refractivity contribution in [2.75, 3.05) is 0 Å². The molecule has 0 aliphatic carbocycles. The molecule has 3 nitrogen and oxygen atoms in total. The fraction of sp³-hybridized carbons (Fsp3) is 0.385. The fourth-order valence-corrected chi connectivity index (χ4v) is 1.54. The Morgan fingerprint density at radius 1 is 1.65 bits per heavy atom. The molecule has 0 saturated carbocycles. The van der Waals surface area contributed by atoms with Gasteiger partial charge < -0.3 is 9.90 Å². The van der Waals surface area contributed by atoms with Crippen LogP contribution in [0.3, 0.4) is 0 Å². The number of aliphatic hydroxyl groups excluding tert-OH is 1. The highest BCUT2D eigenvalue weighted by molar-refractivity contribution is 6.30. The Hall–Kier alpha value is -1.35. The SMILES string of the molecule is C/C(CCC(C)C=O)=C(\O)c1cc(Cl)ccn1. The molecule has 1 aromatic rings. The highest BCUT2D eigenvalue weighted by Crippen LogP contribution is 2.21. The summed E-state index contributed by atoms with van der Waals surface area (Å²) in [6, 6.07) is 3.27. The van der Waals surface area contributed by atoms with Gasteiger partial charge in [-0.15, -0.1) is 0 Å². The summed E-state index contributed by atoms with van der Waals surface area (Å²) >= 11 is 5.82. The van der Waals surface area contributed by atoms with E-state index in [0.717, 1.165) is 18.3 Å². The molecule has 1 atom stereocenters. The van der Waals surface area contributed by atoms with Crippen LogP contribution in [0.15, 0.2) is 23.9 Å². The third-order valence-electron chi connectivity index (χ3n) is 2.58. The van der Waals surface area contributed by atoms with Gasteiger partial charge in [-0.2, -0.15) is 0 Å². The lowest BCUT2D eigenvalue weighted by molar-refractivity contribution is -0.110. The molecule has 1 N–H and O–H groups in total. The number of halogens is 1. The Bertz CT molecular complexity index is 429. The van der Waals surface area contributed by atoms with Crippen LogP contribution in [0.5, 0.6) is 0 Å². The van der Waals surface area contributed by atoms with Gasteiger partial charge in [0.15, 0.2) is 0 Å². The van der Waals surface area contributed by atoms with Crippen LogP contribution in [0, 0.1) is 5.92 Å². The molecular weight excluding hydrogens is 238 g/mol. The maximum atomic E-state index is 10.5. The standard InChI is InChI=1S/C13H16ClNO2/c1-9(8-16)3-4-10(2)13(17)12-7-11(14)5-6-15-12/h5-9,17H,3-4H2,1-2H3/b13-10+. The lowest BCUT2D eigenvalue weighted by Gasteiger charge is -2.07. The lowest BCUT2D eigenvalue weighted by Crippen LogP contribution is -1.98. The zero-order valence-electron chi connectivity index (χ0n) is 9.98. The van der Waals surface area contributed by atoms with Crippen molar-refractivity contribution in [2.24, 2.45) is 5.92 Å². The van der Waals surface area contributed by atoms with Crippen LogP contribution in [0.4, 0.5) is 0 Å². The van der Waals surface area contributed by atoms with Crippen molar-refractivity contribution in [3.8, 4) is 0 Å². The second kappa shape index (κ2) is 6.40. The van der Waals surface area contributed by atoms with Crippen molar-refractivity contribution in [3.63, 3.8) is 0 Å². The Balaban J connectivity index is 2.78. The van der Waals surface area contributed by atoms with E-state index < -0.39 is 0 Å². The second-order valence-corrected chi connectivity index (χ2v) is 4.58. The van der Waals surface area contributed by atoms with Crippen LogP contribution in [-0.2, 0) is 4.79 Å². The highest BCUT2D eigenvalue weighted by atomic mass is 35.5. The second-order valence-electron chi connectivity index (χ2n) is 4.14. The van der Waals surface area contributed by atoms with Crippen molar-refractivity contribution < 1.29 is 9.90 Å². The van der Waals surface area contributed by atoms with E-state index in [0.29, 0.717) is 17.1 Å². The smallest absolute Gasteiger partial charge is 0.140 e. The molecule has 92 valence electrons. The summed E-state index contributed by atoms with van der Waals surface area (Å²) in [5.74, 6) is 0.149. The molecule has 0 spiro atoms. The number of aldehydes is 1. The number of aromatic nitrogens is 1. The zero-order chi connectivity index (χ0) is 12.8. The topological polar surface area (TPSA) is 50.2 Å². The monoisotopic (exact) mass is 253 g/mol. The summed E-state index contributed by atoms with van der Waals surface area (Å²) in [7, 11) is 0. The molecule has 0 aliphatic heterocycles. The molecule has 0 aromatic carbocycles. The number of carbonyl (C=O) groups is 1. The zero-order valence-corrected chi connectivity index (χ0v) is 10.7. The van der Waals surface area contributed by atoms with Crippen LogP contribution in [0.2, 0.25) is 5.02 Å². The fourth-order valence-electron chi connectivity index (χ4n) is 1.38. The molecule has 1 rings (SSSR count). The molecule has 1 heterocycles. The summed E-state index contributed by atoms with van der Waals surface area (Å²) in [4.78, 5) is 14.5. The highest BCUT2D eigenvalue weighted by Gasteiger charge is 2.08. The number of hydrogen-bond acceptors (Lipinski definition) is 3. The minimum absolute atomic E-state index is 0.00469. The summed E-state index contributed by atoms with van der Waals surface area (Å²) in [6.45, 7) is 3.68. The maximum Gasteiger partial charge on any atom is 0.140 e. The third kappa shape index (κ3) is 4.19. The number of nitrogens with zero attached hydrogens (tertiary/aromatic N) is 1. The summed E-state index contributed by atoms with van der Waals surface area (Å²) in [5.41, 5.74) is 1.28. The molecular formula is C13H16ClNO2. The summed E-state index contributed by atoms with van der Waals surface area (Å²) in [5, 5.41) is 10.5. The Morgan fingerprint density at radius 3 is 2.94 bits per heavy atom. The number of hydrogen-bond donors (Lipinski definition) is 1. The van der Waals surface area contributed by atoms with Crippen LogP contribution >= 0.6 is 11.6 Å². The number of rotatable bonds is 5. The van der Waals surface area contributed by atoms with Gasteiger partial charge in [0.1, 0.15) is 17.7 Å². The van der Waals surface area contributed by atoms with E-state index in [4.69, 9.17) is 11.6 Å². The van der Waals surface area contributed by atoms with E-state index >= 15 is 0 Å². The number of carbonyl (C=O) groups excluding carboxylic acids is 1. The maximum absolute atomic E-state index is 10.5. The van der Waals surface area contributed by atoms with Gasteiger partial charge in [0.25, 0.3) is 0 Å². The van der Waals surface area contributed by atoms with Gasteiger partial charge in [-0.05, 0) is 37.5 Å². The minimum Gasteiger partial charge on any atom is -0.506 e. The van der Waals surface area contributed by atoms with Crippen LogP contribution in [0.25, 0.3) is 5.76 Å². The first kappa shape index (κ1) is 13.7. The molecule has 0 amide bonds. The third-order valence-corrected chi connectivity index (χ3v) is 2.81. The van der Waals surface area contributed by atoms with Crippen LogP contribution in [-0.4, -0.2) is 16.4 Å². The van der Waals surface area contributed by atoms with E-state index in [-0.39, 0.29) is 11.7 Å². The predicted octanol–water partition coefficient (Wildman–Crippen LogP) is 3.64. The van der Waals surface area contributed by atoms with Crippen molar-refractivity contribution >= 4 is 23.6 Å². The van der Waals surface area contributed by atoms with E-state index in [1.807, 2.05) is 13.8 Å². The van der Waals surface area contributed by atoms with Crippen LogP contribution in [0.1, 0.15) is 32.4 Å². The molecule has 0 saturated heterocycles. The first-order valence-electron chi connectivity index (χ1n) is 5.50. The van der Waals surface area contributed by atoms with Crippen molar-refractivity contribution in [2.45, 2.75) is 26.7 Å². The first-order chi connectivity index (χ1) is 8.04. The van der Waals surface area contributed by atoms with Crippen molar-refractivity contribution in [3.05, 3.63) is 34.6 Å². The van der Waals surface area contributed by atoms with Gasteiger partial charge in [-0.3, -0.25) is 4.98 Å². The number of allylic oxidation sites excluding steroid dienone is 1. The largest absolute Gasteiger partial charge is 0.506 e. The van der Waals surface area contributed by atoms with Gasteiger partial charge in [0.2, 0.25) is 0 Å². The molecule has 1 aromatic heterocycles. The van der Waals surface area contributed by atoms with Gasteiger partial charge in [-0.1, -0.05) is 18.5 Å². The van der Waals surface area contributed by atoms with E-state index in [2.05, 4.69) is 4.98 Å². The molecule has 0 fully saturated rings.